The number of benzene rings is 1. The third kappa shape index (κ3) is 3.59. The number of amides is 1. The molecule has 118 valence electrons. The van der Waals surface area contributed by atoms with Gasteiger partial charge in [-0.3, -0.25) is 15.2 Å². The fraction of sp³-hybridized carbons (Fsp3) is 0.0625. The van der Waals surface area contributed by atoms with Crippen LogP contribution in [0.25, 0.3) is 0 Å². The van der Waals surface area contributed by atoms with Crippen molar-refractivity contribution in [1.29, 1.82) is 5.26 Å². The minimum Gasteiger partial charge on any atom is -0.288 e. The van der Waals surface area contributed by atoms with Crippen molar-refractivity contribution in [2.24, 2.45) is 0 Å². The lowest BCUT2D eigenvalue weighted by atomic mass is 10.1. The molecule has 1 amide bonds. The van der Waals surface area contributed by atoms with Crippen LogP contribution in [0, 0.1) is 17.1 Å². The number of halogens is 1. The van der Waals surface area contributed by atoms with Crippen LogP contribution in [0.2, 0.25) is 0 Å². The van der Waals surface area contributed by atoms with E-state index in [4.69, 9.17) is 5.26 Å². The number of rotatable bonds is 4. The summed E-state index contributed by atoms with van der Waals surface area (Å²) in [6, 6.07) is 11.0. The van der Waals surface area contributed by atoms with Crippen LogP contribution in [0.1, 0.15) is 27.4 Å². The highest BCUT2D eigenvalue weighted by atomic mass is 19.1. The number of hydrogen-bond acceptors (Lipinski definition) is 5. The predicted molar refractivity (Wildman–Crippen MR) is 82.5 cm³/mol. The van der Waals surface area contributed by atoms with Crippen LogP contribution in [-0.4, -0.2) is 26.1 Å². The van der Waals surface area contributed by atoms with Gasteiger partial charge in [-0.1, -0.05) is 12.1 Å². The first-order valence-corrected chi connectivity index (χ1v) is 6.97. The molecule has 24 heavy (non-hydrogen) atoms. The summed E-state index contributed by atoms with van der Waals surface area (Å²) in [5.41, 5.74) is 1.24. The van der Waals surface area contributed by atoms with E-state index in [1.807, 2.05) is 6.07 Å². The summed E-state index contributed by atoms with van der Waals surface area (Å²) in [5.74, 6) is -0.232. The van der Waals surface area contributed by atoms with Gasteiger partial charge in [0.1, 0.15) is 23.4 Å². The maximum absolute atomic E-state index is 13.2. The van der Waals surface area contributed by atoms with Crippen LogP contribution in [0.5, 0.6) is 0 Å². The van der Waals surface area contributed by atoms with Gasteiger partial charge >= 0.3 is 0 Å². The van der Waals surface area contributed by atoms with E-state index in [0.29, 0.717) is 17.8 Å². The maximum Gasteiger partial charge on any atom is 0.276 e. The highest BCUT2D eigenvalue weighted by molar-refractivity contribution is 6.01. The van der Waals surface area contributed by atoms with Crippen molar-refractivity contribution in [3.8, 4) is 6.07 Å². The molecule has 0 aliphatic heterocycles. The predicted octanol–water partition coefficient (Wildman–Crippen LogP) is 2.05. The summed E-state index contributed by atoms with van der Waals surface area (Å²) in [6.45, 7) is 0. The van der Waals surface area contributed by atoms with Gasteiger partial charge < -0.3 is 0 Å². The van der Waals surface area contributed by atoms with Crippen molar-refractivity contribution >= 4 is 11.9 Å². The van der Waals surface area contributed by atoms with Crippen molar-refractivity contribution in [3.63, 3.8) is 0 Å². The molecule has 2 aromatic heterocycles. The Morgan fingerprint density at radius 3 is 2.92 bits per heavy atom. The Labute approximate surface area is 136 Å². The van der Waals surface area contributed by atoms with E-state index in [1.165, 1.54) is 30.5 Å². The second-order valence-electron chi connectivity index (χ2n) is 4.91. The lowest BCUT2D eigenvalue weighted by molar-refractivity contribution is 0.102. The molecule has 0 spiro atoms. The van der Waals surface area contributed by atoms with Crippen LogP contribution in [-0.2, 0) is 6.42 Å². The van der Waals surface area contributed by atoms with Crippen LogP contribution >= 0.6 is 0 Å². The van der Waals surface area contributed by atoms with E-state index in [-0.39, 0.29) is 17.5 Å². The molecule has 3 aromatic rings. The number of H-pyrrole nitrogens is 1. The van der Waals surface area contributed by atoms with Gasteiger partial charge in [0.2, 0.25) is 5.95 Å². The number of aromatic nitrogens is 4. The van der Waals surface area contributed by atoms with E-state index in [1.54, 1.807) is 12.1 Å². The molecule has 3 rings (SSSR count). The third-order valence-corrected chi connectivity index (χ3v) is 3.14. The quantitative estimate of drug-likeness (QED) is 0.764. The average molecular weight is 322 g/mol. The Hall–Kier alpha value is -3.60. The number of anilines is 1. The first-order valence-electron chi connectivity index (χ1n) is 6.97. The van der Waals surface area contributed by atoms with E-state index in [0.717, 1.165) is 5.56 Å². The SMILES string of the molecule is N#Cc1ccc(C(=O)Nc2n[nH]c(Cc3cccc(F)c3)n2)nc1. The summed E-state index contributed by atoms with van der Waals surface area (Å²) in [4.78, 5) is 20.0. The number of hydrogen-bond donors (Lipinski definition) is 2. The topological polar surface area (TPSA) is 107 Å². The van der Waals surface area contributed by atoms with Crippen molar-refractivity contribution < 1.29 is 9.18 Å². The number of pyridine rings is 1. The van der Waals surface area contributed by atoms with E-state index >= 15 is 0 Å². The number of carbonyl (C=O) groups is 1. The molecule has 2 N–H and O–H groups in total. The van der Waals surface area contributed by atoms with Crippen LogP contribution in [0.3, 0.4) is 0 Å². The molecule has 2 heterocycles. The molecule has 0 saturated heterocycles. The Balaban J connectivity index is 1.67. The Kier molecular flexibility index (Phi) is 4.25. The Morgan fingerprint density at radius 2 is 2.21 bits per heavy atom. The molecule has 0 aliphatic carbocycles. The smallest absolute Gasteiger partial charge is 0.276 e. The molecule has 0 fully saturated rings. The standard InChI is InChI=1S/C16H11FN6O/c17-12-3-1-2-10(6-12)7-14-20-16(23-22-14)21-15(24)13-5-4-11(8-18)9-19-13/h1-6,9H,7H2,(H2,20,21,22,23,24). The molecule has 0 aliphatic rings. The van der Waals surface area contributed by atoms with Crippen molar-refractivity contribution in [2.75, 3.05) is 5.32 Å². The monoisotopic (exact) mass is 322 g/mol. The van der Waals surface area contributed by atoms with Gasteiger partial charge in [-0.2, -0.15) is 10.2 Å². The van der Waals surface area contributed by atoms with Crippen LogP contribution in [0.15, 0.2) is 42.6 Å². The summed E-state index contributed by atoms with van der Waals surface area (Å²) in [7, 11) is 0. The molecule has 1 aromatic carbocycles. The molecule has 0 bridgehead atoms. The normalized spacial score (nSPS) is 10.2. The second kappa shape index (κ2) is 6.66. The van der Waals surface area contributed by atoms with Gasteiger partial charge in [0.25, 0.3) is 5.91 Å². The Bertz CT molecular complexity index is 913. The molecular formula is C16H11FN6O. The van der Waals surface area contributed by atoms with E-state index in [9.17, 15) is 9.18 Å². The third-order valence-electron chi connectivity index (χ3n) is 3.14. The molecule has 0 atom stereocenters. The molecule has 0 unspecified atom stereocenters. The van der Waals surface area contributed by atoms with E-state index in [2.05, 4.69) is 25.5 Å². The zero-order valence-electron chi connectivity index (χ0n) is 12.3. The maximum atomic E-state index is 13.2. The number of carbonyl (C=O) groups excluding carboxylic acids is 1. The van der Waals surface area contributed by atoms with E-state index < -0.39 is 5.91 Å². The average Bonchev–Trinajstić information content (AvgIpc) is 3.02. The number of nitrogens with one attached hydrogen (secondary N) is 2. The first kappa shape index (κ1) is 15.3. The molecule has 8 heteroatoms. The minimum atomic E-state index is -0.490. The second-order valence-corrected chi connectivity index (χ2v) is 4.91. The number of nitriles is 1. The van der Waals surface area contributed by atoms with Gasteiger partial charge in [-0.25, -0.2) is 9.37 Å². The minimum absolute atomic E-state index is 0.0950. The molecular weight excluding hydrogens is 311 g/mol. The van der Waals surface area contributed by atoms with Gasteiger partial charge in [-0.05, 0) is 29.8 Å². The zero-order valence-corrected chi connectivity index (χ0v) is 12.3. The summed E-state index contributed by atoms with van der Waals surface area (Å²) >= 11 is 0. The van der Waals surface area contributed by atoms with Crippen molar-refractivity contribution in [2.45, 2.75) is 6.42 Å². The summed E-state index contributed by atoms with van der Waals surface area (Å²) < 4.78 is 13.2. The zero-order chi connectivity index (χ0) is 16.9. The fourth-order valence-corrected chi connectivity index (χ4v) is 2.03. The molecule has 0 saturated carbocycles. The van der Waals surface area contributed by atoms with Crippen molar-refractivity contribution in [1.82, 2.24) is 20.2 Å². The summed E-state index contributed by atoms with van der Waals surface area (Å²) in [5, 5.41) is 17.8. The highest BCUT2D eigenvalue weighted by Gasteiger charge is 2.11. The molecule has 0 radical (unpaired) electrons. The van der Waals surface area contributed by atoms with Gasteiger partial charge in [0, 0.05) is 12.6 Å². The number of aromatic amines is 1. The van der Waals surface area contributed by atoms with Crippen LogP contribution in [0.4, 0.5) is 10.3 Å². The van der Waals surface area contributed by atoms with Crippen LogP contribution < -0.4 is 5.32 Å². The van der Waals surface area contributed by atoms with Gasteiger partial charge in [0.05, 0.1) is 5.56 Å². The lowest BCUT2D eigenvalue weighted by Gasteiger charge is -2.00. The fourth-order valence-electron chi connectivity index (χ4n) is 2.03. The van der Waals surface area contributed by atoms with Gasteiger partial charge in [-0.15, -0.1) is 5.10 Å². The first-order chi connectivity index (χ1) is 11.6. The highest BCUT2D eigenvalue weighted by Crippen LogP contribution is 2.10. The largest absolute Gasteiger partial charge is 0.288 e. The lowest BCUT2D eigenvalue weighted by Crippen LogP contribution is -2.14. The van der Waals surface area contributed by atoms with Crippen molar-refractivity contribution in [3.05, 3.63) is 71.1 Å². The number of nitrogens with zero attached hydrogens (tertiary/aromatic N) is 4. The Morgan fingerprint density at radius 1 is 1.33 bits per heavy atom. The van der Waals surface area contributed by atoms with Gasteiger partial charge in [0.15, 0.2) is 0 Å². The molecule has 7 nitrogen and oxygen atoms in total. The summed E-state index contributed by atoms with van der Waals surface area (Å²) in [6.07, 6.45) is 1.66.